The van der Waals surface area contributed by atoms with Crippen molar-refractivity contribution in [3.05, 3.63) is 29.8 Å². The molecule has 0 spiro atoms. The fourth-order valence-corrected chi connectivity index (χ4v) is 5.48. The summed E-state index contributed by atoms with van der Waals surface area (Å²) in [7, 11) is 1.70. The molecule has 0 saturated carbocycles. The Balaban J connectivity index is 1.44. The van der Waals surface area contributed by atoms with Crippen LogP contribution in [-0.4, -0.2) is 103 Å². The topological polar surface area (TPSA) is 111 Å². The molecule has 1 aromatic rings. The quantitative estimate of drug-likeness (QED) is 0.541. The Kier molecular flexibility index (Phi) is 9.98. The summed E-state index contributed by atoms with van der Waals surface area (Å²) in [5.74, 6) is -0.622. The van der Waals surface area contributed by atoms with E-state index in [0.29, 0.717) is 37.4 Å². The van der Waals surface area contributed by atoms with Gasteiger partial charge in [0.2, 0.25) is 17.7 Å². The third-order valence-corrected chi connectivity index (χ3v) is 7.72. The van der Waals surface area contributed by atoms with Crippen LogP contribution in [0.1, 0.15) is 61.7 Å². The fourth-order valence-electron chi connectivity index (χ4n) is 5.48. The summed E-state index contributed by atoms with van der Waals surface area (Å²) >= 11 is 0. The van der Waals surface area contributed by atoms with Gasteiger partial charge in [0.05, 0.1) is 12.1 Å². The summed E-state index contributed by atoms with van der Waals surface area (Å²) in [6.45, 7) is 4.91. The first-order chi connectivity index (χ1) is 18.4. The number of ether oxygens (including phenoxy) is 1. The highest BCUT2D eigenvalue weighted by atomic mass is 16.5. The standard InChI is InChI=1S/C28H41N5O5/c1-31-19-20-38-24-11-3-2-9-21(24)26(35)30-22(12-13-25(34)33-18-8-10-23(33)28(31)37)27(36)29-14-4-5-15-32-16-6-7-17-32/h2-3,9,11,22-23H,4-8,10,12-20H2,1H3,(H,29,36)(H,30,35)/t22-,23+/m0/s1. The molecule has 3 heterocycles. The highest BCUT2D eigenvalue weighted by molar-refractivity contribution is 5.99. The van der Waals surface area contributed by atoms with Crippen molar-refractivity contribution in [3.8, 4) is 5.75 Å². The zero-order valence-electron chi connectivity index (χ0n) is 22.5. The van der Waals surface area contributed by atoms with Crippen LogP contribution in [0.4, 0.5) is 0 Å². The van der Waals surface area contributed by atoms with Crippen molar-refractivity contribution in [2.45, 2.75) is 63.5 Å². The van der Waals surface area contributed by atoms with Crippen LogP contribution in [0.25, 0.3) is 0 Å². The zero-order valence-corrected chi connectivity index (χ0v) is 22.5. The van der Waals surface area contributed by atoms with Gasteiger partial charge in [0, 0.05) is 26.6 Å². The van der Waals surface area contributed by atoms with Crippen molar-refractivity contribution in [3.63, 3.8) is 0 Å². The average Bonchev–Trinajstić information content (AvgIpc) is 3.62. The van der Waals surface area contributed by atoms with E-state index in [-0.39, 0.29) is 37.2 Å². The summed E-state index contributed by atoms with van der Waals surface area (Å²) in [5, 5.41) is 5.79. The van der Waals surface area contributed by atoms with Gasteiger partial charge in [-0.3, -0.25) is 19.2 Å². The molecule has 0 bridgehead atoms. The second kappa shape index (κ2) is 13.6. The second-order valence-corrected chi connectivity index (χ2v) is 10.5. The Bertz CT molecular complexity index is 996. The molecule has 38 heavy (non-hydrogen) atoms. The van der Waals surface area contributed by atoms with Crippen molar-refractivity contribution in [1.82, 2.24) is 25.3 Å². The normalized spacial score (nSPS) is 23.7. The van der Waals surface area contributed by atoms with Crippen LogP contribution in [-0.2, 0) is 14.4 Å². The van der Waals surface area contributed by atoms with E-state index in [0.717, 1.165) is 38.9 Å². The molecular weight excluding hydrogens is 486 g/mol. The van der Waals surface area contributed by atoms with Gasteiger partial charge in [-0.05, 0) is 76.7 Å². The first-order valence-electron chi connectivity index (χ1n) is 14.0. The number of likely N-dealkylation sites (N-methyl/N-ethyl adjacent to an activating group) is 1. The van der Waals surface area contributed by atoms with Crippen LogP contribution < -0.4 is 15.4 Å². The molecule has 4 rings (SSSR count). The minimum absolute atomic E-state index is 0.0684. The first kappa shape index (κ1) is 27.9. The lowest BCUT2D eigenvalue weighted by Gasteiger charge is -2.28. The van der Waals surface area contributed by atoms with Crippen LogP contribution in [0.5, 0.6) is 5.75 Å². The summed E-state index contributed by atoms with van der Waals surface area (Å²) < 4.78 is 5.88. The van der Waals surface area contributed by atoms with Gasteiger partial charge < -0.3 is 30.1 Å². The minimum atomic E-state index is -0.873. The molecule has 0 radical (unpaired) electrons. The van der Waals surface area contributed by atoms with E-state index in [9.17, 15) is 19.2 Å². The maximum absolute atomic E-state index is 13.2. The van der Waals surface area contributed by atoms with Crippen molar-refractivity contribution in [2.24, 2.45) is 0 Å². The second-order valence-electron chi connectivity index (χ2n) is 10.5. The largest absolute Gasteiger partial charge is 0.491 e. The molecule has 10 nitrogen and oxygen atoms in total. The minimum Gasteiger partial charge on any atom is -0.491 e. The van der Waals surface area contributed by atoms with Crippen molar-refractivity contribution in [1.29, 1.82) is 0 Å². The molecule has 2 fully saturated rings. The predicted octanol–water partition coefficient (Wildman–Crippen LogP) is 1.40. The fraction of sp³-hybridized carbons (Fsp3) is 0.643. The third-order valence-electron chi connectivity index (χ3n) is 7.72. The maximum atomic E-state index is 13.2. The van der Waals surface area contributed by atoms with E-state index in [1.807, 2.05) is 0 Å². The predicted molar refractivity (Wildman–Crippen MR) is 143 cm³/mol. The van der Waals surface area contributed by atoms with Crippen LogP contribution in [0.2, 0.25) is 0 Å². The van der Waals surface area contributed by atoms with Crippen molar-refractivity contribution in [2.75, 3.05) is 52.9 Å². The summed E-state index contributed by atoms with van der Waals surface area (Å²) in [5.41, 5.74) is 0.312. The smallest absolute Gasteiger partial charge is 0.255 e. The number of benzene rings is 1. The number of fused-ring (bicyclic) bond motifs is 2. The third kappa shape index (κ3) is 7.24. The number of carbonyl (C=O) groups excluding carboxylic acids is 4. The molecule has 1 aromatic carbocycles. The van der Waals surface area contributed by atoms with Crippen LogP contribution in [0.15, 0.2) is 24.3 Å². The highest BCUT2D eigenvalue weighted by Gasteiger charge is 2.36. The molecule has 3 aliphatic rings. The number of para-hydroxylation sites is 1. The highest BCUT2D eigenvalue weighted by Crippen LogP contribution is 2.22. The number of nitrogens with one attached hydrogen (secondary N) is 2. The molecule has 0 aliphatic carbocycles. The lowest BCUT2D eigenvalue weighted by molar-refractivity contribution is -0.143. The number of rotatable bonds is 6. The van der Waals surface area contributed by atoms with Gasteiger partial charge in [-0.25, -0.2) is 0 Å². The number of carbonyl (C=O) groups is 4. The van der Waals surface area contributed by atoms with Gasteiger partial charge in [-0.2, -0.15) is 0 Å². The monoisotopic (exact) mass is 527 g/mol. The summed E-state index contributed by atoms with van der Waals surface area (Å²) in [6, 6.07) is 5.49. The molecule has 2 atom stereocenters. The van der Waals surface area contributed by atoms with E-state index < -0.39 is 18.0 Å². The molecule has 0 unspecified atom stereocenters. The molecule has 4 amide bonds. The van der Waals surface area contributed by atoms with Gasteiger partial charge in [-0.15, -0.1) is 0 Å². The molecular formula is C28H41N5O5. The van der Waals surface area contributed by atoms with E-state index >= 15 is 0 Å². The molecule has 3 aliphatic heterocycles. The Morgan fingerprint density at radius 1 is 1.03 bits per heavy atom. The number of nitrogens with zero attached hydrogens (tertiary/aromatic N) is 3. The van der Waals surface area contributed by atoms with E-state index in [4.69, 9.17) is 4.74 Å². The Morgan fingerprint density at radius 3 is 2.63 bits per heavy atom. The van der Waals surface area contributed by atoms with Gasteiger partial charge in [0.15, 0.2) is 0 Å². The van der Waals surface area contributed by atoms with E-state index in [2.05, 4.69) is 15.5 Å². The number of amides is 4. The zero-order chi connectivity index (χ0) is 26.9. The molecule has 208 valence electrons. The Hall–Kier alpha value is -3.14. The summed E-state index contributed by atoms with van der Waals surface area (Å²) in [6.07, 6.45) is 5.97. The molecule has 0 aromatic heterocycles. The average molecular weight is 528 g/mol. The molecule has 2 saturated heterocycles. The van der Waals surface area contributed by atoms with Crippen molar-refractivity contribution >= 4 is 23.6 Å². The number of hydrogen-bond donors (Lipinski definition) is 2. The lowest BCUT2D eigenvalue weighted by atomic mass is 10.1. The van der Waals surface area contributed by atoms with E-state index in [1.165, 1.54) is 12.8 Å². The van der Waals surface area contributed by atoms with Crippen LogP contribution in [0, 0.1) is 0 Å². The van der Waals surface area contributed by atoms with Crippen molar-refractivity contribution < 1.29 is 23.9 Å². The van der Waals surface area contributed by atoms with Gasteiger partial charge in [-0.1, -0.05) is 12.1 Å². The van der Waals surface area contributed by atoms with Gasteiger partial charge in [0.25, 0.3) is 5.91 Å². The number of unbranched alkanes of at least 4 members (excludes halogenated alkanes) is 1. The maximum Gasteiger partial charge on any atom is 0.255 e. The van der Waals surface area contributed by atoms with Crippen LogP contribution >= 0.6 is 0 Å². The first-order valence-corrected chi connectivity index (χ1v) is 14.0. The molecule has 10 heteroatoms. The number of hydrogen-bond acceptors (Lipinski definition) is 6. The Morgan fingerprint density at radius 2 is 1.82 bits per heavy atom. The lowest BCUT2D eigenvalue weighted by Crippen LogP contribution is -2.49. The van der Waals surface area contributed by atoms with E-state index in [1.54, 1.807) is 41.1 Å². The summed E-state index contributed by atoms with van der Waals surface area (Å²) in [4.78, 5) is 58.2. The number of likely N-dealkylation sites (tertiary alicyclic amines) is 1. The SMILES string of the molecule is CN1CCOc2ccccc2C(=O)N[C@H](C(=O)NCCCCN2CCCC2)CCC(=O)N2CCC[C@@H]2C1=O. The van der Waals surface area contributed by atoms with Gasteiger partial charge >= 0.3 is 0 Å². The van der Waals surface area contributed by atoms with Crippen LogP contribution in [0.3, 0.4) is 0 Å². The Labute approximate surface area is 225 Å². The molecule has 2 N–H and O–H groups in total. The van der Waals surface area contributed by atoms with Gasteiger partial charge in [0.1, 0.15) is 24.4 Å².